The zero-order valence-corrected chi connectivity index (χ0v) is 21.4. The minimum atomic E-state index is -0.684. The summed E-state index contributed by atoms with van der Waals surface area (Å²) in [6, 6.07) is 18.2. The van der Waals surface area contributed by atoms with E-state index in [1.54, 1.807) is 14.2 Å². The molecule has 0 radical (unpaired) electrons. The number of fused-ring (bicyclic) bond motifs is 1. The molecule has 1 aliphatic heterocycles. The lowest BCUT2D eigenvalue weighted by Gasteiger charge is -2.52. The number of rotatable bonds is 6. The van der Waals surface area contributed by atoms with Gasteiger partial charge in [0.2, 0.25) is 0 Å². The summed E-state index contributed by atoms with van der Waals surface area (Å²) >= 11 is 0. The lowest BCUT2D eigenvalue weighted by molar-refractivity contribution is 0.148. The van der Waals surface area contributed by atoms with Crippen LogP contribution in [-0.4, -0.2) is 53.1 Å². The number of likely N-dealkylation sites (tertiary alicyclic amines) is 1. The monoisotopic (exact) mass is 499 g/mol. The van der Waals surface area contributed by atoms with E-state index in [9.17, 15) is 0 Å². The molecular formula is C28H33N7O2. The quantitative estimate of drug-likeness (QED) is 0.234. The normalized spacial score (nSPS) is 16.8. The van der Waals surface area contributed by atoms with Crippen LogP contribution in [0.2, 0.25) is 0 Å². The van der Waals surface area contributed by atoms with Crippen molar-refractivity contribution < 1.29 is 9.47 Å². The molecule has 2 aromatic heterocycles. The minimum Gasteiger partial charge on any atom is -0.493 e. The molecule has 1 aliphatic rings. The Bertz CT molecular complexity index is 1410. The second-order valence-electron chi connectivity index (χ2n) is 9.69. The first-order valence-electron chi connectivity index (χ1n) is 12.3. The topological polar surface area (TPSA) is 139 Å². The first-order chi connectivity index (χ1) is 17.8. The number of guanidine groups is 1. The molecule has 0 bridgehead atoms. The zero-order valence-electron chi connectivity index (χ0n) is 21.4. The maximum atomic E-state index is 8.01. The Morgan fingerprint density at radius 1 is 1.03 bits per heavy atom. The van der Waals surface area contributed by atoms with Gasteiger partial charge in [-0.1, -0.05) is 30.3 Å². The Labute approximate surface area is 216 Å². The Morgan fingerprint density at radius 3 is 2.30 bits per heavy atom. The van der Waals surface area contributed by atoms with Crippen molar-refractivity contribution in [1.29, 1.82) is 5.41 Å². The molecule has 3 heterocycles. The van der Waals surface area contributed by atoms with Crippen molar-refractivity contribution >= 4 is 22.7 Å². The van der Waals surface area contributed by atoms with Crippen molar-refractivity contribution in [3.05, 3.63) is 77.9 Å². The Morgan fingerprint density at radius 2 is 1.70 bits per heavy atom. The highest BCUT2D eigenvalue weighted by atomic mass is 16.5. The number of piperidine rings is 1. The largest absolute Gasteiger partial charge is 0.493 e. The summed E-state index contributed by atoms with van der Waals surface area (Å²) in [6.07, 6.45) is 3.42. The number of H-pyrrole nitrogens is 1. The van der Waals surface area contributed by atoms with Crippen molar-refractivity contribution in [2.24, 2.45) is 5.73 Å². The first-order valence-corrected chi connectivity index (χ1v) is 12.3. The average Bonchev–Trinajstić information content (AvgIpc) is 3.48. The smallest absolute Gasteiger partial charge is 0.188 e. The fourth-order valence-corrected chi connectivity index (χ4v) is 5.90. The van der Waals surface area contributed by atoms with Gasteiger partial charge in [0.25, 0.3) is 0 Å². The molecule has 5 rings (SSSR count). The van der Waals surface area contributed by atoms with Crippen LogP contribution < -0.4 is 20.9 Å². The van der Waals surface area contributed by atoms with Crippen molar-refractivity contribution in [3.63, 3.8) is 0 Å². The highest BCUT2D eigenvalue weighted by Gasteiger charge is 2.55. The molecule has 0 aliphatic carbocycles. The van der Waals surface area contributed by atoms with E-state index in [0.29, 0.717) is 47.1 Å². The molecule has 1 saturated heterocycles. The van der Waals surface area contributed by atoms with Gasteiger partial charge in [-0.3, -0.25) is 5.41 Å². The summed E-state index contributed by atoms with van der Waals surface area (Å²) in [7, 11) is 3.19. The number of anilines is 1. The highest BCUT2D eigenvalue weighted by Crippen LogP contribution is 2.53. The van der Waals surface area contributed by atoms with E-state index in [2.05, 4.69) is 42.2 Å². The van der Waals surface area contributed by atoms with Gasteiger partial charge in [0.05, 0.1) is 25.2 Å². The van der Waals surface area contributed by atoms with Gasteiger partial charge in [0.15, 0.2) is 17.5 Å². The fraction of sp³-hybridized carbons (Fsp3) is 0.321. The van der Waals surface area contributed by atoms with E-state index in [1.165, 1.54) is 5.56 Å². The van der Waals surface area contributed by atoms with E-state index >= 15 is 0 Å². The number of nitrogens with one attached hydrogen (secondary N) is 2. The van der Waals surface area contributed by atoms with Gasteiger partial charge in [0, 0.05) is 41.8 Å². The van der Waals surface area contributed by atoms with Gasteiger partial charge in [-0.25, -0.2) is 9.97 Å². The van der Waals surface area contributed by atoms with Crippen molar-refractivity contribution in [3.8, 4) is 11.5 Å². The molecule has 0 amide bonds. The molecule has 192 valence electrons. The number of ether oxygens (including phenoxy) is 2. The number of aromatic nitrogens is 3. The standard InChI is InChI=1S/C28H33N7O2/c1-27(23-10-7-13-32-23,25-33-20-17-22(37-3)21(36-2)16-19(20)24(29)34-25)28(18-8-5-4-6-9-18)11-14-35(15-12-28)26(30)31/h4-10,13,16-17,32H,11-12,14-15H2,1-3H3,(H3,30,31)(H2,29,33,34). The van der Waals surface area contributed by atoms with E-state index in [1.807, 2.05) is 35.4 Å². The van der Waals surface area contributed by atoms with Crippen molar-refractivity contribution in [2.45, 2.75) is 30.6 Å². The van der Waals surface area contributed by atoms with Gasteiger partial charge in [-0.05, 0) is 43.5 Å². The third-order valence-electron chi connectivity index (χ3n) is 8.06. The van der Waals surface area contributed by atoms with Crippen LogP contribution in [0.15, 0.2) is 60.8 Å². The molecule has 1 atom stereocenters. The number of methoxy groups -OCH3 is 2. The lowest BCUT2D eigenvalue weighted by atomic mass is 9.54. The predicted octanol–water partition coefficient (Wildman–Crippen LogP) is 3.79. The molecule has 9 heteroatoms. The molecule has 1 fully saturated rings. The molecule has 0 spiro atoms. The second-order valence-corrected chi connectivity index (χ2v) is 9.69. The Balaban J connectivity index is 1.78. The molecule has 2 aromatic carbocycles. The minimum absolute atomic E-state index is 0.0930. The van der Waals surface area contributed by atoms with Crippen molar-refractivity contribution in [1.82, 2.24) is 19.9 Å². The van der Waals surface area contributed by atoms with Gasteiger partial charge in [-0.2, -0.15) is 0 Å². The number of aromatic amines is 1. The Hall–Kier alpha value is -4.27. The van der Waals surface area contributed by atoms with E-state index in [4.69, 9.17) is 36.3 Å². The maximum Gasteiger partial charge on any atom is 0.188 e. The molecule has 37 heavy (non-hydrogen) atoms. The summed E-state index contributed by atoms with van der Waals surface area (Å²) < 4.78 is 11.0. The fourth-order valence-electron chi connectivity index (χ4n) is 5.90. The third-order valence-corrected chi connectivity index (χ3v) is 8.06. The number of benzene rings is 2. The molecule has 1 unspecified atom stereocenters. The van der Waals surface area contributed by atoms with E-state index in [-0.39, 0.29) is 5.96 Å². The molecule has 6 N–H and O–H groups in total. The van der Waals surface area contributed by atoms with Gasteiger partial charge in [0.1, 0.15) is 11.6 Å². The van der Waals surface area contributed by atoms with Crippen LogP contribution in [0.5, 0.6) is 11.5 Å². The summed E-state index contributed by atoms with van der Waals surface area (Å²) in [5, 5.41) is 8.71. The maximum absolute atomic E-state index is 8.01. The SMILES string of the molecule is COc1cc2nc(C(C)(c3ccc[nH]3)C3(c4ccccc4)CCN(C(=N)N)CC3)nc(N)c2cc1OC. The number of nitrogens with zero attached hydrogens (tertiary/aromatic N) is 3. The summed E-state index contributed by atoms with van der Waals surface area (Å²) in [5.74, 6) is 2.24. The summed E-state index contributed by atoms with van der Waals surface area (Å²) in [6.45, 7) is 3.49. The zero-order chi connectivity index (χ0) is 26.2. The van der Waals surface area contributed by atoms with E-state index in [0.717, 1.165) is 18.5 Å². The number of nitrogen functional groups attached to an aromatic ring is 1. The van der Waals surface area contributed by atoms with Crippen LogP contribution in [0.3, 0.4) is 0 Å². The number of nitrogens with two attached hydrogens (primary N) is 2. The molecule has 9 nitrogen and oxygen atoms in total. The number of hydrogen-bond acceptors (Lipinski definition) is 6. The van der Waals surface area contributed by atoms with Crippen LogP contribution in [-0.2, 0) is 10.8 Å². The van der Waals surface area contributed by atoms with Crippen LogP contribution >= 0.6 is 0 Å². The lowest BCUT2D eigenvalue weighted by Crippen LogP contribution is -2.57. The first kappa shape index (κ1) is 24.4. The summed E-state index contributed by atoms with van der Waals surface area (Å²) in [5.41, 5.74) is 14.2. The van der Waals surface area contributed by atoms with Crippen LogP contribution in [0.1, 0.15) is 36.8 Å². The van der Waals surface area contributed by atoms with Crippen molar-refractivity contribution in [2.75, 3.05) is 33.0 Å². The Kier molecular flexibility index (Phi) is 6.15. The predicted molar refractivity (Wildman–Crippen MR) is 145 cm³/mol. The number of hydrogen-bond donors (Lipinski definition) is 4. The van der Waals surface area contributed by atoms with E-state index < -0.39 is 10.8 Å². The van der Waals surface area contributed by atoms with Gasteiger partial charge in [-0.15, -0.1) is 0 Å². The molecular weight excluding hydrogens is 466 g/mol. The molecule has 4 aromatic rings. The second kappa shape index (κ2) is 9.31. The van der Waals surface area contributed by atoms with Crippen LogP contribution in [0.4, 0.5) is 5.82 Å². The average molecular weight is 500 g/mol. The van der Waals surface area contributed by atoms with Crippen LogP contribution in [0, 0.1) is 5.41 Å². The van der Waals surface area contributed by atoms with Crippen LogP contribution in [0.25, 0.3) is 10.9 Å². The summed E-state index contributed by atoms with van der Waals surface area (Å²) in [4.78, 5) is 15.4. The third kappa shape index (κ3) is 3.82. The van der Waals surface area contributed by atoms with Gasteiger partial charge < -0.3 is 30.8 Å². The molecule has 0 saturated carbocycles. The van der Waals surface area contributed by atoms with Gasteiger partial charge >= 0.3 is 0 Å². The highest BCUT2D eigenvalue weighted by molar-refractivity contribution is 5.91.